The van der Waals surface area contributed by atoms with E-state index in [4.69, 9.17) is 4.74 Å². The fourth-order valence-electron chi connectivity index (χ4n) is 4.28. The number of ether oxygens (including phenoxy) is 1. The summed E-state index contributed by atoms with van der Waals surface area (Å²) in [4.78, 5) is 14.7. The normalized spacial score (nSPS) is 26.3. The standard InChI is InChI=1S/C19H27NO2/c1-22-10-9-20(14-15-5-3-2-4-6-15)19(21)13-18-12-16-7-8-17(18)11-16/h2-6,16-18H,7-14H2,1H3. The third kappa shape index (κ3) is 3.70. The first-order valence-corrected chi connectivity index (χ1v) is 8.57. The second-order valence-corrected chi connectivity index (χ2v) is 6.93. The van der Waals surface area contributed by atoms with E-state index in [1.807, 2.05) is 23.1 Å². The highest BCUT2D eigenvalue weighted by atomic mass is 16.5. The van der Waals surface area contributed by atoms with Crippen LogP contribution in [-0.4, -0.2) is 31.1 Å². The topological polar surface area (TPSA) is 29.5 Å². The van der Waals surface area contributed by atoms with E-state index in [2.05, 4.69) is 12.1 Å². The summed E-state index contributed by atoms with van der Waals surface area (Å²) in [6, 6.07) is 10.3. The maximum Gasteiger partial charge on any atom is 0.223 e. The van der Waals surface area contributed by atoms with Crippen molar-refractivity contribution in [1.29, 1.82) is 0 Å². The number of methoxy groups -OCH3 is 1. The monoisotopic (exact) mass is 301 g/mol. The van der Waals surface area contributed by atoms with Gasteiger partial charge in [0.25, 0.3) is 0 Å². The molecule has 3 rings (SSSR count). The summed E-state index contributed by atoms with van der Waals surface area (Å²) in [5.41, 5.74) is 1.19. The van der Waals surface area contributed by atoms with Gasteiger partial charge in [-0.2, -0.15) is 0 Å². The Hall–Kier alpha value is -1.35. The summed E-state index contributed by atoms with van der Waals surface area (Å²) < 4.78 is 5.19. The fourth-order valence-corrected chi connectivity index (χ4v) is 4.28. The Labute approximate surface area is 133 Å². The molecular formula is C19H27NO2. The van der Waals surface area contributed by atoms with Crippen molar-refractivity contribution in [3.8, 4) is 0 Å². The Morgan fingerprint density at radius 2 is 2.05 bits per heavy atom. The van der Waals surface area contributed by atoms with Gasteiger partial charge in [-0.25, -0.2) is 0 Å². The van der Waals surface area contributed by atoms with E-state index >= 15 is 0 Å². The second-order valence-electron chi connectivity index (χ2n) is 6.93. The molecule has 0 aromatic heterocycles. The molecule has 0 saturated heterocycles. The lowest BCUT2D eigenvalue weighted by atomic mass is 9.86. The lowest BCUT2D eigenvalue weighted by molar-refractivity contribution is -0.133. The van der Waals surface area contributed by atoms with Crippen LogP contribution in [0, 0.1) is 17.8 Å². The Morgan fingerprint density at radius 3 is 2.68 bits per heavy atom. The van der Waals surface area contributed by atoms with Gasteiger partial charge in [0.2, 0.25) is 5.91 Å². The molecule has 2 fully saturated rings. The molecule has 3 unspecified atom stereocenters. The molecule has 0 heterocycles. The molecule has 0 N–H and O–H groups in total. The largest absolute Gasteiger partial charge is 0.383 e. The third-order valence-corrected chi connectivity index (χ3v) is 5.46. The molecule has 3 nitrogen and oxygen atoms in total. The van der Waals surface area contributed by atoms with E-state index in [0.717, 1.165) is 18.3 Å². The molecular weight excluding hydrogens is 274 g/mol. The summed E-state index contributed by atoms with van der Waals surface area (Å²) in [5.74, 6) is 2.66. The SMILES string of the molecule is COCCN(Cc1ccccc1)C(=O)CC1CC2CCC1C2. The summed E-state index contributed by atoms with van der Waals surface area (Å²) in [7, 11) is 1.70. The molecule has 3 heteroatoms. The first kappa shape index (κ1) is 15.5. The van der Waals surface area contributed by atoms with E-state index in [1.54, 1.807) is 7.11 Å². The number of rotatable bonds is 7. The molecule has 0 radical (unpaired) electrons. The number of fused-ring (bicyclic) bond motifs is 2. The first-order chi connectivity index (χ1) is 10.8. The maximum absolute atomic E-state index is 12.8. The molecule has 22 heavy (non-hydrogen) atoms. The Morgan fingerprint density at radius 1 is 1.23 bits per heavy atom. The average molecular weight is 301 g/mol. The quantitative estimate of drug-likeness (QED) is 0.771. The fraction of sp³-hybridized carbons (Fsp3) is 0.632. The number of benzene rings is 1. The first-order valence-electron chi connectivity index (χ1n) is 8.57. The van der Waals surface area contributed by atoms with E-state index in [-0.39, 0.29) is 0 Å². The van der Waals surface area contributed by atoms with Crippen molar-refractivity contribution in [2.75, 3.05) is 20.3 Å². The number of carbonyl (C=O) groups is 1. The van der Waals surface area contributed by atoms with Crippen molar-refractivity contribution < 1.29 is 9.53 Å². The zero-order valence-electron chi connectivity index (χ0n) is 13.5. The maximum atomic E-state index is 12.8. The Kier molecular flexibility index (Phi) is 5.14. The molecule has 2 bridgehead atoms. The average Bonchev–Trinajstić information content (AvgIpc) is 3.15. The van der Waals surface area contributed by atoms with Gasteiger partial charge in [0.05, 0.1) is 6.61 Å². The van der Waals surface area contributed by atoms with Gasteiger partial charge in [-0.3, -0.25) is 4.79 Å². The van der Waals surface area contributed by atoms with Crippen LogP contribution in [0.4, 0.5) is 0 Å². The third-order valence-electron chi connectivity index (χ3n) is 5.46. The van der Waals surface area contributed by atoms with Crippen LogP contribution < -0.4 is 0 Å². The van der Waals surface area contributed by atoms with Crippen LogP contribution >= 0.6 is 0 Å². The lowest BCUT2D eigenvalue weighted by Crippen LogP contribution is -2.35. The Balaban J connectivity index is 1.59. The second kappa shape index (κ2) is 7.28. The summed E-state index contributed by atoms with van der Waals surface area (Å²) in [5, 5.41) is 0. The highest BCUT2D eigenvalue weighted by Crippen LogP contribution is 2.49. The number of carbonyl (C=O) groups excluding carboxylic acids is 1. The predicted molar refractivity (Wildman–Crippen MR) is 87.3 cm³/mol. The van der Waals surface area contributed by atoms with Gasteiger partial charge in [-0.1, -0.05) is 36.8 Å². The minimum absolute atomic E-state index is 0.304. The minimum Gasteiger partial charge on any atom is -0.383 e. The molecule has 3 atom stereocenters. The molecule has 0 spiro atoms. The molecule has 1 aromatic rings. The van der Waals surface area contributed by atoms with Crippen LogP contribution in [0.5, 0.6) is 0 Å². The van der Waals surface area contributed by atoms with Gasteiger partial charge in [0.15, 0.2) is 0 Å². The van der Waals surface area contributed by atoms with E-state index in [9.17, 15) is 4.79 Å². The van der Waals surface area contributed by atoms with Gasteiger partial charge >= 0.3 is 0 Å². The van der Waals surface area contributed by atoms with Crippen LogP contribution in [0.3, 0.4) is 0 Å². The van der Waals surface area contributed by atoms with Crippen molar-refractivity contribution >= 4 is 5.91 Å². The van der Waals surface area contributed by atoms with Crippen molar-refractivity contribution in [3.63, 3.8) is 0 Å². The molecule has 2 aliphatic carbocycles. The summed E-state index contributed by atoms with van der Waals surface area (Å²) in [6.07, 6.45) is 6.12. The van der Waals surface area contributed by atoms with Crippen molar-refractivity contribution in [3.05, 3.63) is 35.9 Å². The molecule has 120 valence electrons. The van der Waals surface area contributed by atoms with Gasteiger partial charge in [0, 0.05) is 26.6 Å². The zero-order chi connectivity index (χ0) is 15.4. The molecule has 1 amide bonds. The summed E-state index contributed by atoms with van der Waals surface area (Å²) >= 11 is 0. The van der Waals surface area contributed by atoms with Crippen LogP contribution in [0.1, 0.15) is 37.7 Å². The van der Waals surface area contributed by atoms with Crippen molar-refractivity contribution in [1.82, 2.24) is 4.90 Å². The van der Waals surface area contributed by atoms with Crippen LogP contribution in [0.15, 0.2) is 30.3 Å². The minimum atomic E-state index is 0.304. The number of hydrogen-bond donors (Lipinski definition) is 0. The molecule has 0 aliphatic heterocycles. The molecule has 2 saturated carbocycles. The number of nitrogens with zero attached hydrogens (tertiary/aromatic N) is 1. The molecule has 1 aromatic carbocycles. The van der Waals surface area contributed by atoms with E-state index < -0.39 is 0 Å². The summed E-state index contributed by atoms with van der Waals surface area (Å²) in [6.45, 7) is 1.99. The van der Waals surface area contributed by atoms with Gasteiger partial charge in [-0.15, -0.1) is 0 Å². The highest BCUT2D eigenvalue weighted by Gasteiger charge is 2.40. The van der Waals surface area contributed by atoms with Crippen molar-refractivity contribution in [2.24, 2.45) is 17.8 Å². The Bertz CT molecular complexity index is 487. The van der Waals surface area contributed by atoms with E-state index in [0.29, 0.717) is 31.5 Å². The van der Waals surface area contributed by atoms with Crippen LogP contribution in [-0.2, 0) is 16.1 Å². The smallest absolute Gasteiger partial charge is 0.223 e. The van der Waals surface area contributed by atoms with Crippen LogP contribution in [0.25, 0.3) is 0 Å². The highest BCUT2D eigenvalue weighted by molar-refractivity contribution is 5.76. The lowest BCUT2D eigenvalue weighted by Gasteiger charge is -2.27. The zero-order valence-corrected chi connectivity index (χ0v) is 13.5. The van der Waals surface area contributed by atoms with Gasteiger partial charge in [-0.05, 0) is 42.6 Å². The van der Waals surface area contributed by atoms with Gasteiger partial charge < -0.3 is 9.64 Å². The van der Waals surface area contributed by atoms with Gasteiger partial charge in [0.1, 0.15) is 0 Å². The predicted octanol–water partition coefficient (Wildman–Crippen LogP) is 3.49. The van der Waals surface area contributed by atoms with E-state index in [1.165, 1.54) is 31.2 Å². The van der Waals surface area contributed by atoms with Crippen LogP contribution in [0.2, 0.25) is 0 Å². The molecule has 2 aliphatic rings. The number of amides is 1. The van der Waals surface area contributed by atoms with Crippen molar-refractivity contribution in [2.45, 2.75) is 38.6 Å². The number of hydrogen-bond acceptors (Lipinski definition) is 2.